The molecule has 0 aliphatic carbocycles. The van der Waals surface area contributed by atoms with Crippen LogP contribution in [-0.4, -0.2) is 11.5 Å². The van der Waals surface area contributed by atoms with Gasteiger partial charge in [0.2, 0.25) is 0 Å². The van der Waals surface area contributed by atoms with Gasteiger partial charge in [-0.2, -0.15) is 0 Å². The lowest BCUT2D eigenvalue weighted by atomic mass is 10.0. The third-order valence-electron chi connectivity index (χ3n) is 2.99. The van der Waals surface area contributed by atoms with Crippen LogP contribution in [0.2, 0.25) is 5.02 Å². The topological polar surface area (TPSA) is 24.9 Å². The van der Waals surface area contributed by atoms with Crippen LogP contribution in [0.3, 0.4) is 0 Å². The molecule has 0 aliphatic rings. The van der Waals surface area contributed by atoms with Crippen molar-refractivity contribution in [1.29, 1.82) is 0 Å². The van der Waals surface area contributed by atoms with Gasteiger partial charge in [0.25, 0.3) is 0 Å². The van der Waals surface area contributed by atoms with E-state index in [0.717, 1.165) is 35.1 Å². The van der Waals surface area contributed by atoms with Crippen LogP contribution in [0.4, 0.5) is 0 Å². The smallest absolute Gasteiger partial charge is 0.0897 e. The predicted octanol–water partition coefficient (Wildman–Crippen LogP) is 4.39. The highest BCUT2D eigenvalue weighted by Gasteiger charge is 2.13. The number of nitrogens with one attached hydrogen (secondary N) is 1. The summed E-state index contributed by atoms with van der Waals surface area (Å²) in [6.45, 7) is 5.24. The molecule has 1 atom stereocenters. The third kappa shape index (κ3) is 4.30. The molecule has 0 saturated carbocycles. The van der Waals surface area contributed by atoms with E-state index in [4.69, 9.17) is 11.6 Å². The summed E-state index contributed by atoms with van der Waals surface area (Å²) in [6.07, 6.45) is 2.05. The number of rotatable bonds is 6. The molecule has 0 fully saturated rings. The molecule has 0 radical (unpaired) electrons. The highest BCUT2D eigenvalue weighted by molar-refractivity contribution is 7.09. The van der Waals surface area contributed by atoms with Crippen molar-refractivity contribution in [2.75, 3.05) is 6.54 Å². The molecule has 1 heterocycles. The number of aryl methyl sites for hydroxylation is 1. The van der Waals surface area contributed by atoms with Gasteiger partial charge in [0.1, 0.15) is 0 Å². The lowest BCUT2D eigenvalue weighted by molar-refractivity contribution is 0.525. The maximum Gasteiger partial charge on any atom is 0.0897 e. The van der Waals surface area contributed by atoms with E-state index in [1.54, 1.807) is 11.3 Å². The monoisotopic (exact) mass is 294 g/mol. The molecular formula is C15H19ClN2S. The highest BCUT2D eigenvalue weighted by Crippen LogP contribution is 2.21. The Hall–Kier alpha value is -0.900. The van der Waals surface area contributed by atoms with Crippen molar-refractivity contribution in [3.63, 3.8) is 0 Å². The van der Waals surface area contributed by atoms with E-state index < -0.39 is 0 Å². The summed E-state index contributed by atoms with van der Waals surface area (Å²) in [7, 11) is 0. The number of thiazole rings is 1. The van der Waals surface area contributed by atoms with E-state index in [1.165, 1.54) is 5.56 Å². The first kappa shape index (κ1) is 14.5. The molecule has 2 nitrogen and oxygen atoms in total. The van der Waals surface area contributed by atoms with E-state index >= 15 is 0 Å². The van der Waals surface area contributed by atoms with Gasteiger partial charge in [-0.05, 0) is 37.6 Å². The van der Waals surface area contributed by atoms with Gasteiger partial charge < -0.3 is 5.32 Å². The first-order valence-electron chi connectivity index (χ1n) is 6.59. The number of aromatic nitrogens is 1. The normalized spacial score (nSPS) is 12.6. The SMILES string of the molecule is CCCNC(Cc1csc(C)n1)c1ccc(Cl)cc1. The Kier molecular flexibility index (Phi) is 5.37. The minimum absolute atomic E-state index is 0.304. The number of hydrogen-bond donors (Lipinski definition) is 1. The minimum atomic E-state index is 0.304. The number of halogens is 1. The molecule has 1 unspecified atom stereocenters. The second-order valence-electron chi connectivity index (χ2n) is 4.62. The first-order chi connectivity index (χ1) is 9.19. The van der Waals surface area contributed by atoms with Crippen molar-refractivity contribution in [2.45, 2.75) is 32.7 Å². The van der Waals surface area contributed by atoms with Crippen molar-refractivity contribution >= 4 is 22.9 Å². The molecule has 0 spiro atoms. The van der Waals surface area contributed by atoms with Crippen LogP contribution in [0.15, 0.2) is 29.6 Å². The third-order valence-corrected chi connectivity index (χ3v) is 4.07. The Balaban J connectivity index is 2.13. The maximum absolute atomic E-state index is 5.95. The maximum atomic E-state index is 5.95. The Morgan fingerprint density at radius 3 is 2.63 bits per heavy atom. The molecule has 1 N–H and O–H groups in total. The van der Waals surface area contributed by atoms with E-state index in [1.807, 2.05) is 19.1 Å². The van der Waals surface area contributed by atoms with Crippen LogP contribution in [0.25, 0.3) is 0 Å². The molecular weight excluding hydrogens is 276 g/mol. The zero-order valence-electron chi connectivity index (χ0n) is 11.3. The van der Waals surface area contributed by atoms with Gasteiger partial charge in [0, 0.05) is 22.9 Å². The summed E-state index contributed by atoms with van der Waals surface area (Å²) in [5, 5.41) is 7.63. The summed E-state index contributed by atoms with van der Waals surface area (Å²) in [4.78, 5) is 4.55. The Labute approximate surface area is 123 Å². The fourth-order valence-electron chi connectivity index (χ4n) is 2.03. The molecule has 0 amide bonds. The van der Waals surface area contributed by atoms with E-state index in [9.17, 15) is 0 Å². The molecule has 102 valence electrons. The van der Waals surface area contributed by atoms with E-state index in [-0.39, 0.29) is 0 Å². The van der Waals surface area contributed by atoms with Gasteiger partial charge in [0.15, 0.2) is 0 Å². The first-order valence-corrected chi connectivity index (χ1v) is 7.84. The van der Waals surface area contributed by atoms with Gasteiger partial charge in [0.05, 0.1) is 10.7 Å². The Morgan fingerprint density at radius 2 is 2.05 bits per heavy atom. The van der Waals surface area contributed by atoms with Gasteiger partial charge in [-0.3, -0.25) is 0 Å². The summed E-state index contributed by atoms with van der Waals surface area (Å²) in [6, 6.07) is 8.39. The summed E-state index contributed by atoms with van der Waals surface area (Å²) in [5.41, 5.74) is 2.43. The fraction of sp³-hybridized carbons (Fsp3) is 0.400. The van der Waals surface area contributed by atoms with Crippen LogP contribution in [-0.2, 0) is 6.42 Å². The standard InChI is InChI=1S/C15H19ClN2S/c1-3-8-17-15(9-14-10-19-11(2)18-14)12-4-6-13(16)7-5-12/h4-7,10,15,17H,3,8-9H2,1-2H3. The van der Waals surface area contributed by atoms with Gasteiger partial charge in [-0.15, -0.1) is 11.3 Å². The van der Waals surface area contributed by atoms with Crippen molar-refractivity contribution < 1.29 is 0 Å². The number of hydrogen-bond acceptors (Lipinski definition) is 3. The number of nitrogens with zero attached hydrogens (tertiary/aromatic N) is 1. The predicted molar refractivity (Wildman–Crippen MR) is 83.0 cm³/mol. The van der Waals surface area contributed by atoms with Crippen LogP contribution >= 0.6 is 22.9 Å². The van der Waals surface area contributed by atoms with Crippen LogP contribution in [0.5, 0.6) is 0 Å². The largest absolute Gasteiger partial charge is 0.310 e. The summed E-state index contributed by atoms with van der Waals surface area (Å²) in [5.74, 6) is 0. The van der Waals surface area contributed by atoms with E-state index in [2.05, 4.69) is 34.7 Å². The molecule has 2 rings (SSSR count). The quantitative estimate of drug-likeness (QED) is 0.855. The molecule has 2 aromatic rings. The van der Waals surface area contributed by atoms with Gasteiger partial charge in [-0.25, -0.2) is 4.98 Å². The van der Waals surface area contributed by atoms with Crippen LogP contribution in [0.1, 0.15) is 35.7 Å². The zero-order valence-corrected chi connectivity index (χ0v) is 12.9. The minimum Gasteiger partial charge on any atom is -0.310 e. The average molecular weight is 295 g/mol. The van der Waals surface area contributed by atoms with Gasteiger partial charge in [-0.1, -0.05) is 30.7 Å². The molecule has 1 aromatic carbocycles. The molecule has 4 heteroatoms. The lowest BCUT2D eigenvalue weighted by Gasteiger charge is -2.18. The molecule has 0 bridgehead atoms. The second-order valence-corrected chi connectivity index (χ2v) is 6.12. The van der Waals surface area contributed by atoms with E-state index in [0.29, 0.717) is 6.04 Å². The Bertz CT molecular complexity index is 507. The molecule has 0 saturated heterocycles. The van der Waals surface area contributed by atoms with Gasteiger partial charge >= 0.3 is 0 Å². The van der Waals surface area contributed by atoms with Crippen LogP contribution in [0, 0.1) is 6.92 Å². The molecule has 19 heavy (non-hydrogen) atoms. The fourth-order valence-corrected chi connectivity index (χ4v) is 2.78. The number of benzene rings is 1. The lowest BCUT2D eigenvalue weighted by Crippen LogP contribution is -2.24. The van der Waals surface area contributed by atoms with Crippen molar-refractivity contribution in [1.82, 2.24) is 10.3 Å². The summed E-state index contributed by atoms with van der Waals surface area (Å²) >= 11 is 7.66. The van der Waals surface area contributed by atoms with Crippen molar-refractivity contribution in [3.05, 3.63) is 50.9 Å². The molecule has 1 aromatic heterocycles. The summed E-state index contributed by atoms with van der Waals surface area (Å²) < 4.78 is 0. The second kappa shape index (κ2) is 7.04. The zero-order chi connectivity index (χ0) is 13.7. The Morgan fingerprint density at radius 1 is 1.32 bits per heavy atom. The average Bonchev–Trinajstić information content (AvgIpc) is 2.81. The van der Waals surface area contributed by atoms with Crippen LogP contribution < -0.4 is 5.32 Å². The van der Waals surface area contributed by atoms with Crippen molar-refractivity contribution in [3.8, 4) is 0 Å². The highest BCUT2D eigenvalue weighted by atomic mass is 35.5. The van der Waals surface area contributed by atoms with Crippen molar-refractivity contribution in [2.24, 2.45) is 0 Å². The molecule has 0 aliphatic heterocycles.